The molecule has 0 bridgehead atoms. The van der Waals surface area contributed by atoms with E-state index in [2.05, 4.69) is 10.6 Å². The van der Waals surface area contributed by atoms with Gasteiger partial charge in [-0.05, 0) is 37.1 Å². The maximum Gasteiger partial charge on any atom is 0.408 e. The predicted octanol–water partition coefficient (Wildman–Crippen LogP) is 3.11. The molecule has 8 heteroatoms. The second-order valence-corrected chi connectivity index (χ2v) is 9.26. The Morgan fingerprint density at radius 3 is 2.36 bits per heavy atom. The first kappa shape index (κ1) is 24.5. The molecule has 2 N–H and O–H groups in total. The largest absolute Gasteiger partial charge is 0.467 e. The molecule has 1 saturated heterocycles. The molecule has 1 aliphatic heterocycles. The number of benzene rings is 2. The Bertz CT molecular complexity index is 1010. The summed E-state index contributed by atoms with van der Waals surface area (Å²) < 4.78 is 15.7. The molecule has 1 fully saturated rings. The van der Waals surface area contributed by atoms with Gasteiger partial charge in [0, 0.05) is 32.5 Å². The van der Waals surface area contributed by atoms with Crippen LogP contribution in [-0.4, -0.2) is 55.5 Å². The van der Waals surface area contributed by atoms with Crippen LogP contribution in [0.1, 0.15) is 39.2 Å². The number of rotatable bonds is 6. The number of alkyl carbamates (subject to hydrolysis) is 1. The molecule has 0 radical (unpaired) electrons. The number of carbonyl (C=O) groups excluding carboxylic acids is 3. The highest BCUT2D eigenvalue weighted by Gasteiger charge is 2.44. The first-order chi connectivity index (χ1) is 15.6. The van der Waals surface area contributed by atoms with Crippen molar-refractivity contribution in [2.24, 2.45) is 0 Å². The molecule has 2 aromatic carbocycles. The summed E-state index contributed by atoms with van der Waals surface area (Å²) in [6.07, 6.45) is 0.104. The second-order valence-electron chi connectivity index (χ2n) is 9.26. The smallest absolute Gasteiger partial charge is 0.408 e. The Balaban J connectivity index is 1.85. The lowest BCUT2D eigenvalue weighted by Crippen LogP contribution is -2.62. The summed E-state index contributed by atoms with van der Waals surface area (Å²) in [4.78, 5) is 38.4. The van der Waals surface area contributed by atoms with Gasteiger partial charge in [-0.15, -0.1) is 0 Å². The van der Waals surface area contributed by atoms with Crippen LogP contribution in [0.2, 0.25) is 0 Å². The van der Waals surface area contributed by atoms with Crippen molar-refractivity contribution in [3.63, 3.8) is 0 Å². The van der Waals surface area contributed by atoms with Gasteiger partial charge < -0.3 is 24.8 Å². The standard InChI is InChI=1S/C25H32N2O6/c1-24(2,3)33-23(30)26-20(16-17-9-10-18-7-5-6-8-19(18)15-17)21(28)27-25(22(29)31-4)11-13-32-14-12-25/h5-10,15,20H,11-14,16H2,1-4H3,(H,26,30)(H,27,28)/t20-/m0/s1. The van der Waals surface area contributed by atoms with E-state index >= 15 is 0 Å². The molecule has 0 spiro atoms. The lowest BCUT2D eigenvalue weighted by atomic mass is 9.89. The Kier molecular flexibility index (Phi) is 7.58. The zero-order valence-electron chi connectivity index (χ0n) is 19.6. The fraction of sp³-hybridized carbons (Fsp3) is 0.480. The van der Waals surface area contributed by atoms with Gasteiger partial charge in [-0.3, -0.25) is 4.79 Å². The van der Waals surface area contributed by atoms with E-state index in [0.29, 0.717) is 26.1 Å². The number of nitrogens with one attached hydrogen (secondary N) is 2. The SMILES string of the molecule is COC(=O)C1(NC(=O)[C@H](Cc2ccc3ccccc3c2)NC(=O)OC(C)(C)C)CCOCC1. The highest BCUT2D eigenvalue weighted by Crippen LogP contribution is 2.23. The highest BCUT2D eigenvalue weighted by molar-refractivity contribution is 5.92. The van der Waals surface area contributed by atoms with Crippen molar-refractivity contribution in [3.05, 3.63) is 48.0 Å². The topological polar surface area (TPSA) is 103 Å². The summed E-state index contributed by atoms with van der Waals surface area (Å²) in [5.74, 6) is -1.01. The van der Waals surface area contributed by atoms with Gasteiger partial charge in [-0.25, -0.2) is 9.59 Å². The van der Waals surface area contributed by atoms with Gasteiger partial charge in [0.05, 0.1) is 7.11 Å². The molecule has 2 aromatic rings. The van der Waals surface area contributed by atoms with Crippen molar-refractivity contribution in [3.8, 4) is 0 Å². The van der Waals surface area contributed by atoms with Crippen molar-refractivity contribution >= 4 is 28.7 Å². The summed E-state index contributed by atoms with van der Waals surface area (Å²) in [5, 5.41) is 7.63. The van der Waals surface area contributed by atoms with Crippen molar-refractivity contribution in [1.82, 2.24) is 10.6 Å². The maximum absolute atomic E-state index is 13.4. The Morgan fingerprint density at radius 1 is 1.06 bits per heavy atom. The molecule has 33 heavy (non-hydrogen) atoms. The average molecular weight is 457 g/mol. The van der Waals surface area contributed by atoms with Crippen LogP contribution >= 0.6 is 0 Å². The van der Waals surface area contributed by atoms with Crippen LogP contribution in [0.15, 0.2) is 42.5 Å². The van der Waals surface area contributed by atoms with Gasteiger partial charge in [-0.2, -0.15) is 0 Å². The number of amides is 2. The molecule has 2 amide bonds. The van der Waals surface area contributed by atoms with Gasteiger partial charge >= 0.3 is 12.1 Å². The number of ether oxygens (including phenoxy) is 3. The third kappa shape index (κ3) is 6.44. The molecule has 1 atom stereocenters. The van der Waals surface area contributed by atoms with Crippen LogP contribution < -0.4 is 10.6 Å². The van der Waals surface area contributed by atoms with Crippen molar-refractivity contribution < 1.29 is 28.6 Å². The minimum Gasteiger partial charge on any atom is -0.467 e. The first-order valence-electron chi connectivity index (χ1n) is 11.1. The number of hydrogen-bond donors (Lipinski definition) is 2. The number of carbonyl (C=O) groups is 3. The third-order valence-corrected chi connectivity index (χ3v) is 5.55. The summed E-state index contributed by atoms with van der Waals surface area (Å²) >= 11 is 0. The molecule has 178 valence electrons. The minimum absolute atomic E-state index is 0.226. The van der Waals surface area contributed by atoms with E-state index in [1.54, 1.807) is 20.8 Å². The Morgan fingerprint density at radius 2 is 1.73 bits per heavy atom. The number of hydrogen-bond acceptors (Lipinski definition) is 6. The maximum atomic E-state index is 13.4. The van der Waals surface area contributed by atoms with E-state index in [9.17, 15) is 14.4 Å². The summed E-state index contributed by atoms with van der Waals surface area (Å²) in [6, 6.07) is 12.8. The van der Waals surface area contributed by atoms with E-state index < -0.39 is 35.2 Å². The van der Waals surface area contributed by atoms with E-state index in [1.807, 2.05) is 42.5 Å². The molecule has 1 heterocycles. The number of fused-ring (bicyclic) bond motifs is 1. The van der Waals surface area contributed by atoms with Crippen LogP contribution in [-0.2, 0) is 30.2 Å². The predicted molar refractivity (Wildman–Crippen MR) is 124 cm³/mol. The van der Waals surface area contributed by atoms with E-state index in [1.165, 1.54) is 7.11 Å². The molecule has 0 aromatic heterocycles. The summed E-state index contributed by atoms with van der Waals surface area (Å²) in [6.45, 7) is 5.90. The molecular formula is C25H32N2O6. The average Bonchev–Trinajstić information content (AvgIpc) is 2.77. The fourth-order valence-corrected chi connectivity index (χ4v) is 3.88. The second kappa shape index (κ2) is 10.2. The van der Waals surface area contributed by atoms with Crippen LogP contribution in [0.5, 0.6) is 0 Å². The van der Waals surface area contributed by atoms with E-state index in [-0.39, 0.29) is 6.42 Å². The lowest BCUT2D eigenvalue weighted by molar-refractivity contribution is -0.155. The molecule has 3 rings (SSSR count). The minimum atomic E-state index is -1.19. The van der Waals surface area contributed by atoms with Crippen molar-refractivity contribution in [1.29, 1.82) is 0 Å². The van der Waals surface area contributed by atoms with Gasteiger partial charge in [0.15, 0.2) is 0 Å². The van der Waals surface area contributed by atoms with Crippen molar-refractivity contribution in [2.45, 2.75) is 57.2 Å². The molecular weight excluding hydrogens is 424 g/mol. The molecule has 0 unspecified atom stereocenters. The first-order valence-corrected chi connectivity index (χ1v) is 11.1. The van der Waals surface area contributed by atoms with Crippen LogP contribution in [0, 0.1) is 0 Å². The quantitative estimate of drug-likeness (QED) is 0.648. The van der Waals surface area contributed by atoms with Crippen LogP contribution in [0.25, 0.3) is 10.8 Å². The van der Waals surface area contributed by atoms with E-state index in [0.717, 1.165) is 16.3 Å². The van der Waals surface area contributed by atoms with Crippen LogP contribution in [0.3, 0.4) is 0 Å². The lowest BCUT2D eigenvalue weighted by Gasteiger charge is -2.36. The molecule has 0 aliphatic carbocycles. The summed E-state index contributed by atoms with van der Waals surface area (Å²) in [7, 11) is 1.29. The fourth-order valence-electron chi connectivity index (χ4n) is 3.88. The molecule has 8 nitrogen and oxygen atoms in total. The van der Waals surface area contributed by atoms with Gasteiger partial charge in [0.2, 0.25) is 5.91 Å². The monoisotopic (exact) mass is 456 g/mol. The van der Waals surface area contributed by atoms with Crippen molar-refractivity contribution in [2.75, 3.05) is 20.3 Å². The summed E-state index contributed by atoms with van der Waals surface area (Å²) in [5.41, 5.74) is -1.05. The Hall–Kier alpha value is -3.13. The number of methoxy groups -OCH3 is 1. The normalized spacial score (nSPS) is 16.5. The Labute approximate surface area is 194 Å². The van der Waals surface area contributed by atoms with Gasteiger partial charge in [-0.1, -0.05) is 42.5 Å². The van der Waals surface area contributed by atoms with E-state index in [4.69, 9.17) is 14.2 Å². The van der Waals surface area contributed by atoms with Crippen LogP contribution in [0.4, 0.5) is 4.79 Å². The zero-order chi connectivity index (χ0) is 24.1. The third-order valence-electron chi connectivity index (χ3n) is 5.55. The van der Waals surface area contributed by atoms with Gasteiger partial charge in [0.1, 0.15) is 17.2 Å². The molecule has 0 saturated carbocycles. The zero-order valence-corrected chi connectivity index (χ0v) is 19.6. The highest BCUT2D eigenvalue weighted by atomic mass is 16.6. The number of esters is 1. The molecule has 1 aliphatic rings. The van der Waals surface area contributed by atoms with Gasteiger partial charge in [0.25, 0.3) is 0 Å².